The van der Waals surface area contributed by atoms with Crippen LogP contribution in [0, 0.1) is 0 Å². The minimum absolute atomic E-state index is 0.195. The molecule has 0 radical (unpaired) electrons. The zero-order chi connectivity index (χ0) is 14.7. The molecule has 0 saturated heterocycles. The van der Waals surface area contributed by atoms with Crippen LogP contribution in [-0.4, -0.2) is 23.2 Å². The van der Waals surface area contributed by atoms with Gasteiger partial charge < -0.3 is 15.8 Å². The first-order valence-electron chi connectivity index (χ1n) is 6.03. The molecule has 1 aromatic carbocycles. The molecular formula is C13H15BrN4O2. The van der Waals surface area contributed by atoms with Crippen LogP contribution in [0.25, 0.3) is 0 Å². The van der Waals surface area contributed by atoms with Crippen LogP contribution in [0.4, 0.5) is 11.4 Å². The van der Waals surface area contributed by atoms with Gasteiger partial charge in [0.1, 0.15) is 5.75 Å². The van der Waals surface area contributed by atoms with E-state index in [1.807, 2.05) is 6.92 Å². The number of nitrogens with two attached hydrogens (primary N) is 1. The Labute approximate surface area is 124 Å². The number of H-pyrrole nitrogens is 1. The molecule has 0 aliphatic heterocycles. The zero-order valence-corrected chi connectivity index (χ0v) is 12.7. The Morgan fingerprint density at radius 3 is 2.85 bits per heavy atom. The van der Waals surface area contributed by atoms with Crippen molar-refractivity contribution in [3.8, 4) is 5.75 Å². The summed E-state index contributed by atoms with van der Waals surface area (Å²) in [6.45, 7) is 1.94. The number of anilines is 2. The lowest BCUT2D eigenvalue weighted by Crippen LogP contribution is -2.14. The van der Waals surface area contributed by atoms with E-state index in [2.05, 4.69) is 31.4 Å². The lowest BCUT2D eigenvalue weighted by Gasteiger charge is -2.07. The quantitative estimate of drug-likeness (QED) is 0.798. The molecule has 0 bridgehead atoms. The minimum Gasteiger partial charge on any atom is -0.497 e. The molecule has 2 aromatic rings. The molecule has 1 amide bonds. The largest absolute Gasteiger partial charge is 0.497 e. The maximum absolute atomic E-state index is 12.1. The van der Waals surface area contributed by atoms with Gasteiger partial charge in [-0.1, -0.05) is 22.9 Å². The molecule has 6 nitrogen and oxygen atoms in total. The standard InChI is InChI=1S/C13H15BrN4O2/c1-3-10-11(15)12(18-17-10)13(19)16-8-4-7(14)5-9(6-8)20-2/h4-6H,3,15H2,1-2H3,(H,16,19)(H,17,18). The van der Waals surface area contributed by atoms with Crippen LogP contribution >= 0.6 is 15.9 Å². The fraction of sp³-hybridized carbons (Fsp3) is 0.231. The van der Waals surface area contributed by atoms with Gasteiger partial charge in [-0.2, -0.15) is 5.10 Å². The average Bonchev–Trinajstić information content (AvgIpc) is 2.79. The van der Waals surface area contributed by atoms with Crippen LogP contribution in [0.3, 0.4) is 0 Å². The number of aromatic amines is 1. The van der Waals surface area contributed by atoms with E-state index < -0.39 is 0 Å². The van der Waals surface area contributed by atoms with Gasteiger partial charge in [-0.3, -0.25) is 9.89 Å². The monoisotopic (exact) mass is 338 g/mol. The molecule has 7 heteroatoms. The van der Waals surface area contributed by atoms with Crippen molar-refractivity contribution >= 4 is 33.2 Å². The van der Waals surface area contributed by atoms with Crippen molar-refractivity contribution < 1.29 is 9.53 Å². The number of methoxy groups -OCH3 is 1. The summed E-state index contributed by atoms with van der Waals surface area (Å²) in [6.07, 6.45) is 0.691. The fourth-order valence-electron chi connectivity index (χ4n) is 1.77. The van der Waals surface area contributed by atoms with E-state index in [0.29, 0.717) is 23.5 Å². The number of nitrogens with one attached hydrogen (secondary N) is 2. The van der Waals surface area contributed by atoms with E-state index in [9.17, 15) is 4.79 Å². The SMILES string of the molecule is CCc1[nH]nc(C(=O)Nc2cc(Br)cc(OC)c2)c1N. The number of hydrogen-bond acceptors (Lipinski definition) is 4. The number of carbonyl (C=O) groups is 1. The molecule has 0 saturated carbocycles. The van der Waals surface area contributed by atoms with Crippen LogP contribution in [0.15, 0.2) is 22.7 Å². The van der Waals surface area contributed by atoms with Crippen molar-refractivity contribution in [3.63, 3.8) is 0 Å². The number of halogens is 1. The predicted octanol–water partition coefficient (Wildman–Crippen LogP) is 2.58. The summed E-state index contributed by atoms with van der Waals surface area (Å²) in [5.41, 5.74) is 7.79. The third kappa shape index (κ3) is 2.93. The van der Waals surface area contributed by atoms with Gasteiger partial charge in [-0.25, -0.2) is 0 Å². The molecule has 106 valence electrons. The lowest BCUT2D eigenvalue weighted by molar-refractivity contribution is 0.102. The molecule has 20 heavy (non-hydrogen) atoms. The Balaban J connectivity index is 2.23. The van der Waals surface area contributed by atoms with Gasteiger partial charge in [0.05, 0.1) is 18.5 Å². The van der Waals surface area contributed by atoms with Crippen molar-refractivity contribution in [1.29, 1.82) is 0 Å². The van der Waals surface area contributed by atoms with Gasteiger partial charge in [-0.15, -0.1) is 0 Å². The molecule has 0 aliphatic rings. The second-order valence-corrected chi connectivity index (χ2v) is 5.07. The number of carbonyl (C=O) groups excluding carboxylic acids is 1. The highest BCUT2D eigenvalue weighted by Crippen LogP contribution is 2.25. The van der Waals surface area contributed by atoms with E-state index in [1.165, 1.54) is 0 Å². The molecule has 0 unspecified atom stereocenters. The Morgan fingerprint density at radius 2 is 2.25 bits per heavy atom. The fourth-order valence-corrected chi connectivity index (χ4v) is 2.24. The summed E-state index contributed by atoms with van der Waals surface area (Å²) in [5.74, 6) is 0.275. The van der Waals surface area contributed by atoms with Gasteiger partial charge in [0.2, 0.25) is 0 Å². The van der Waals surface area contributed by atoms with Crippen molar-refractivity contribution in [2.75, 3.05) is 18.2 Å². The van der Waals surface area contributed by atoms with E-state index in [4.69, 9.17) is 10.5 Å². The van der Waals surface area contributed by atoms with Crippen LogP contribution in [-0.2, 0) is 6.42 Å². The summed E-state index contributed by atoms with van der Waals surface area (Å²) < 4.78 is 5.94. The highest BCUT2D eigenvalue weighted by molar-refractivity contribution is 9.10. The maximum Gasteiger partial charge on any atom is 0.278 e. The Bertz CT molecular complexity index is 639. The molecule has 2 rings (SSSR count). The average molecular weight is 339 g/mol. The number of rotatable bonds is 4. The summed E-state index contributed by atoms with van der Waals surface area (Å²) in [7, 11) is 1.56. The van der Waals surface area contributed by atoms with Crippen molar-refractivity contribution in [1.82, 2.24) is 10.2 Å². The topological polar surface area (TPSA) is 93.0 Å². The van der Waals surface area contributed by atoms with E-state index in [1.54, 1.807) is 25.3 Å². The Morgan fingerprint density at radius 1 is 1.50 bits per heavy atom. The third-order valence-electron chi connectivity index (χ3n) is 2.82. The van der Waals surface area contributed by atoms with Crippen LogP contribution in [0.1, 0.15) is 23.1 Å². The number of benzene rings is 1. The first-order chi connectivity index (χ1) is 9.55. The molecular weight excluding hydrogens is 324 g/mol. The maximum atomic E-state index is 12.1. The summed E-state index contributed by atoms with van der Waals surface area (Å²) in [5, 5.41) is 9.44. The Kier molecular flexibility index (Phi) is 4.29. The van der Waals surface area contributed by atoms with Gasteiger partial charge in [0.25, 0.3) is 5.91 Å². The van der Waals surface area contributed by atoms with Crippen LogP contribution in [0.2, 0.25) is 0 Å². The second-order valence-electron chi connectivity index (χ2n) is 4.15. The van der Waals surface area contributed by atoms with Gasteiger partial charge in [0, 0.05) is 16.2 Å². The number of hydrogen-bond donors (Lipinski definition) is 3. The first kappa shape index (κ1) is 14.4. The van der Waals surface area contributed by atoms with Gasteiger partial charge >= 0.3 is 0 Å². The number of ether oxygens (including phenoxy) is 1. The second kappa shape index (κ2) is 5.96. The zero-order valence-electron chi connectivity index (χ0n) is 11.2. The molecule has 1 heterocycles. The van der Waals surface area contributed by atoms with Crippen LogP contribution < -0.4 is 15.8 Å². The number of aryl methyl sites for hydroxylation is 1. The van der Waals surface area contributed by atoms with E-state index in [-0.39, 0.29) is 11.6 Å². The molecule has 0 fully saturated rings. The summed E-state index contributed by atoms with van der Waals surface area (Å²) in [4.78, 5) is 12.1. The highest BCUT2D eigenvalue weighted by Gasteiger charge is 2.16. The van der Waals surface area contributed by atoms with E-state index in [0.717, 1.165) is 10.2 Å². The molecule has 1 aromatic heterocycles. The number of nitrogen functional groups attached to an aromatic ring is 1. The summed E-state index contributed by atoms with van der Waals surface area (Å²) in [6, 6.07) is 5.28. The van der Waals surface area contributed by atoms with Crippen molar-refractivity contribution in [2.24, 2.45) is 0 Å². The van der Waals surface area contributed by atoms with E-state index >= 15 is 0 Å². The lowest BCUT2D eigenvalue weighted by atomic mass is 10.2. The highest BCUT2D eigenvalue weighted by atomic mass is 79.9. The smallest absolute Gasteiger partial charge is 0.278 e. The first-order valence-corrected chi connectivity index (χ1v) is 6.83. The Hall–Kier alpha value is -2.02. The van der Waals surface area contributed by atoms with Gasteiger partial charge in [0.15, 0.2) is 5.69 Å². The number of amides is 1. The molecule has 4 N–H and O–H groups in total. The molecule has 0 aliphatic carbocycles. The molecule has 0 atom stereocenters. The molecule has 0 spiro atoms. The van der Waals surface area contributed by atoms with Crippen LogP contribution in [0.5, 0.6) is 5.75 Å². The summed E-state index contributed by atoms with van der Waals surface area (Å²) >= 11 is 3.35. The normalized spacial score (nSPS) is 10.3. The number of nitrogens with zero attached hydrogens (tertiary/aromatic N) is 1. The van der Waals surface area contributed by atoms with Crippen molar-refractivity contribution in [3.05, 3.63) is 34.1 Å². The minimum atomic E-state index is -0.362. The number of aromatic nitrogens is 2. The predicted molar refractivity (Wildman–Crippen MR) is 81.0 cm³/mol. The van der Waals surface area contributed by atoms with Gasteiger partial charge in [-0.05, 0) is 18.6 Å². The van der Waals surface area contributed by atoms with Crippen molar-refractivity contribution in [2.45, 2.75) is 13.3 Å². The third-order valence-corrected chi connectivity index (χ3v) is 3.27.